The van der Waals surface area contributed by atoms with Crippen molar-refractivity contribution >= 4 is 11.7 Å². The van der Waals surface area contributed by atoms with Crippen molar-refractivity contribution in [1.29, 1.82) is 0 Å². The topological polar surface area (TPSA) is 121 Å². The van der Waals surface area contributed by atoms with E-state index < -0.39 is 10.9 Å². The average Bonchev–Trinajstić information content (AvgIpc) is 2.61. The smallest absolute Gasteiger partial charge is 0.354 e. The molecular weight excluding hydrogens is 290 g/mol. The summed E-state index contributed by atoms with van der Waals surface area (Å²) < 4.78 is 0. The third kappa shape index (κ3) is 4.72. The van der Waals surface area contributed by atoms with Crippen molar-refractivity contribution in [3.8, 4) is 0 Å². The Morgan fingerprint density at radius 3 is 2.45 bits per heavy atom. The highest BCUT2D eigenvalue weighted by Gasteiger charge is 2.17. The zero-order valence-corrected chi connectivity index (χ0v) is 12.1. The fourth-order valence-corrected chi connectivity index (χ4v) is 2.27. The van der Waals surface area contributed by atoms with Crippen LogP contribution in [0.15, 0.2) is 12.1 Å². The number of carboxylic acid groups (broad SMARTS) is 1. The Bertz CT molecular complexity index is 509. The zero-order valence-electron chi connectivity index (χ0n) is 12.1. The van der Waals surface area contributed by atoms with Crippen molar-refractivity contribution in [3.63, 3.8) is 0 Å². The highest BCUT2D eigenvalue weighted by Crippen LogP contribution is 2.15. The molecule has 0 radical (unpaired) electrons. The molecule has 2 heterocycles. The van der Waals surface area contributed by atoms with Crippen LogP contribution in [0.2, 0.25) is 0 Å². The van der Waals surface area contributed by atoms with Gasteiger partial charge in [-0.3, -0.25) is 15.0 Å². The summed E-state index contributed by atoms with van der Waals surface area (Å²) in [6, 6.07) is 2.31. The van der Waals surface area contributed by atoms with Gasteiger partial charge in [-0.15, -0.1) is 0 Å². The summed E-state index contributed by atoms with van der Waals surface area (Å²) in [5.41, 5.74) is -0.154. The normalized spacial score (nSPS) is 17.3. The third-order valence-corrected chi connectivity index (χ3v) is 3.37. The van der Waals surface area contributed by atoms with Crippen LogP contribution in [0.3, 0.4) is 0 Å². The van der Waals surface area contributed by atoms with Gasteiger partial charge in [0.25, 0.3) is 5.69 Å². The van der Waals surface area contributed by atoms with Crippen LogP contribution in [0.25, 0.3) is 0 Å². The van der Waals surface area contributed by atoms with Crippen LogP contribution in [0.4, 0.5) is 5.69 Å². The standard InChI is InChI=1S/C13H19N5O4/c19-13(20)12-8-11(18(21)22)7-10(16-12)9-17-5-3-14-1-2-15-4-6-17/h7-8,14-15H,1-6,9H2,(H,19,20). The Morgan fingerprint density at radius 1 is 1.27 bits per heavy atom. The van der Waals surface area contributed by atoms with Crippen molar-refractivity contribution in [2.45, 2.75) is 6.54 Å². The number of pyridine rings is 1. The monoisotopic (exact) mass is 309 g/mol. The van der Waals surface area contributed by atoms with Gasteiger partial charge in [0.15, 0.2) is 5.69 Å². The SMILES string of the molecule is O=C(O)c1cc([N+](=O)[O-])cc(CN2CCNCCNCC2)n1. The summed E-state index contributed by atoms with van der Waals surface area (Å²) >= 11 is 0. The molecule has 0 aliphatic carbocycles. The lowest BCUT2D eigenvalue weighted by atomic mass is 10.2. The van der Waals surface area contributed by atoms with Crippen LogP contribution in [-0.4, -0.2) is 65.2 Å². The lowest BCUT2D eigenvalue weighted by Gasteiger charge is -2.21. The quantitative estimate of drug-likeness (QED) is 0.511. The van der Waals surface area contributed by atoms with Gasteiger partial charge in [-0.2, -0.15) is 0 Å². The molecule has 0 bridgehead atoms. The molecule has 0 spiro atoms. The molecule has 1 aromatic rings. The summed E-state index contributed by atoms with van der Waals surface area (Å²) in [5.74, 6) is -1.27. The Labute approximate surface area is 127 Å². The predicted octanol–water partition coefficient (Wildman–Crippen LogP) is -0.317. The van der Waals surface area contributed by atoms with Gasteiger partial charge >= 0.3 is 5.97 Å². The highest BCUT2D eigenvalue weighted by molar-refractivity contribution is 5.86. The molecule has 3 N–H and O–H groups in total. The number of aromatic carboxylic acids is 1. The molecule has 1 aliphatic heterocycles. The van der Waals surface area contributed by atoms with Crippen molar-refractivity contribution < 1.29 is 14.8 Å². The second-order valence-electron chi connectivity index (χ2n) is 5.04. The van der Waals surface area contributed by atoms with Crippen molar-refractivity contribution in [2.24, 2.45) is 0 Å². The average molecular weight is 309 g/mol. The molecule has 1 fully saturated rings. The van der Waals surface area contributed by atoms with E-state index in [0.29, 0.717) is 12.2 Å². The molecule has 0 unspecified atom stereocenters. The number of carboxylic acids is 1. The van der Waals surface area contributed by atoms with Crippen LogP contribution < -0.4 is 10.6 Å². The number of nitrogens with zero attached hydrogens (tertiary/aromatic N) is 3. The fourth-order valence-electron chi connectivity index (χ4n) is 2.27. The van der Waals surface area contributed by atoms with Gasteiger partial charge in [0, 0.05) is 57.9 Å². The second kappa shape index (κ2) is 7.78. The molecule has 0 amide bonds. The van der Waals surface area contributed by atoms with Gasteiger partial charge in [-0.1, -0.05) is 0 Å². The molecule has 0 atom stereocenters. The van der Waals surface area contributed by atoms with Crippen molar-refractivity contribution in [1.82, 2.24) is 20.5 Å². The van der Waals surface area contributed by atoms with Crippen LogP contribution in [0.5, 0.6) is 0 Å². The van der Waals surface area contributed by atoms with Gasteiger partial charge in [-0.25, -0.2) is 9.78 Å². The van der Waals surface area contributed by atoms with E-state index in [0.717, 1.165) is 45.3 Å². The van der Waals surface area contributed by atoms with Gasteiger partial charge < -0.3 is 15.7 Å². The van der Waals surface area contributed by atoms with E-state index in [2.05, 4.69) is 20.5 Å². The molecule has 9 heteroatoms. The van der Waals surface area contributed by atoms with Crippen LogP contribution in [0, 0.1) is 10.1 Å². The molecule has 0 saturated carbocycles. The summed E-state index contributed by atoms with van der Waals surface area (Å²) in [7, 11) is 0. The van der Waals surface area contributed by atoms with Crippen molar-refractivity contribution in [3.05, 3.63) is 33.6 Å². The largest absolute Gasteiger partial charge is 0.477 e. The highest BCUT2D eigenvalue weighted by atomic mass is 16.6. The number of nitrogens with one attached hydrogen (secondary N) is 2. The lowest BCUT2D eigenvalue weighted by Crippen LogP contribution is -2.33. The molecule has 120 valence electrons. The van der Waals surface area contributed by atoms with E-state index >= 15 is 0 Å². The maximum absolute atomic E-state index is 11.0. The van der Waals surface area contributed by atoms with E-state index in [1.54, 1.807) is 0 Å². The molecule has 9 nitrogen and oxygen atoms in total. The molecular formula is C13H19N5O4. The fraction of sp³-hybridized carbons (Fsp3) is 0.538. The van der Waals surface area contributed by atoms with Gasteiger partial charge in [0.2, 0.25) is 0 Å². The van der Waals surface area contributed by atoms with E-state index in [-0.39, 0.29) is 11.4 Å². The third-order valence-electron chi connectivity index (χ3n) is 3.37. The first-order valence-electron chi connectivity index (χ1n) is 7.08. The van der Waals surface area contributed by atoms with Gasteiger partial charge in [0.05, 0.1) is 10.6 Å². The van der Waals surface area contributed by atoms with Gasteiger partial charge in [-0.05, 0) is 0 Å². The van der Waals surface area contributed by atoms with E-state index in [1.165, 1.54) is 6.07 Å². The maximum Gasteiger partial charge on any atom is 0.354 e. The molecule has 1 saturated heterocycles. The number of rotatable bonds is 4. The molecule has 1 aromatic heterocycles. The van der Waals surface area contributed by atoms with E-state index in [9.17, 15) is 14.9 Å². The van der Waals surface area contributed by atoms with E-state index in [4.69, 9.17) is 5.11 Å². The summed E-state index contributed by atoms with van der Waals surface area (Å²) in [5, 5.41) is 26.5. The number of hydrogen-bond donors (Lipinski definition) is 3. The predicted molar refractivity (Wildman–Crippen MR) is 78.9 cm³/mol. The maximum atomic E-state index is 11.0. The summed E-state index contributed by atoms with van der Waals surface area (Å²) in [6.07, 6.45) is 0. The minimum Gasteiger partial charge on any atom is -0.477 e. The number of hydrogen-bond acceptors (Lipinski definition) is 7. The Hall–Kier alpha value is -2.10. The lowest BCUT2D eigenvalue weighted by molar-refractivity contribution is -0.385. The van der Waals surface area contributed by atoms with Crippen LogP contribution in [0.1, 0.15) is 16.2 Å². The number of carbonyl (C=O) groups is 1. The molecule has 0 aromatic carbocycles. The summed E-state index contributed by atoms with van der Waals surface area (Å²) in [4.78, 5) is 27.5. The first-order valence-corrected chi connectivity index (χ1v) is 7.08. The molecule has 22 heavy (non-hydrogen) atoms. The first-order chi connectivity index (χ1) is 10.6. The van der Waals surface area contributed by atoms with E-state index in [1.807, 2.05) is 0 Å². The Kier molecular flexibility index (Phi) is 5.75. The minimum absolute atomic E-state index is 0.247. The first kappa shape index (κ1) is 16.3. The van der Waals surface area contributed by atoms with Crippen molar-refractivity contribution in [2.75, 3.05) is 39.3 Å². The molecule has 1 aliphatic rings. The molecule has 2 rings (SSSR count). The number of nitro groups is 1. The second-order valence-corrected chi connectivity index (χ2v) is 5.04. The Morgan fingerprint density at radius 2 is 1.91 bits per heavy atom. The van der Waals surface area contributed by atoms with Gasteiger partial charge in [0.1, 0.15) is 0 Å². The van der Waals surface area contributed by atoms with Crippen LogP contribution >= 0.6 is 0 Å². The van der Waals surface area contributed by atoms with Crippen LogP contribution in [-0.2, 0) is 6.54 Å². The minimum atomic E-state index is -1.27. The summed E-state index contributed by atoms with van der Waals surface area (Å²) in [6.45, 7) is 5.33. The number of aromatic nitrogens is 1. The zero-order chi connectivity index (χ0) is 15.9. The Balaban J connectivity index is 2.15.